The van der Waals surface area contributed by atoms with Gasteiger partial charge in [-0.1, -0.05) is 0 Å². The maximum absolute atomic E-state index is 11.4. The Hall–Kier alpha value is -2.63. The van der Waals surface area contributed by atoms with Gasteiger partial charge in [0, 0.05) is 6.54 Å². The van der Waals surface area contributed by atoms with Crippen LogP contribution >= 0.6 is 0 Å². The third-order valence-electron chi connectivity index (χ3n) is 3.13. The molecule has 102 valence electrons. The first kappa shape index (κ1) is 12.4. The normalized spacial score (nSPS) is 11.1. The van der Waals surface area contributed by atoms with Crippen LogP contribution in [-0.4, -0.2) is 25.8 Å². The molecule has 0 bridgehead atoms. The molecular formula is C14H13N3O3. The van der Waals surface area contributed by atoms with Gasteiger partial charge in [0.25, 0.3) is 0 Å². The Kier molecular flexibility index (Phi) is 2.78. The second-order valence-electron chi connectivity index (χ2n) is 4.47. The maximum atomic E-state index is 11.4. The number of carboxylic acid groups (broad SMARTS) is 1. The number of furan rings is 1. The van der Waals surface area contributed by atoms with Gasteiger partial charge in [-0.2, -0.15) is 5.10 Å². The third-order valence-corrected chi connectivity index (χ3v) is 3.13. The van der Waals surface area contributed by atoms with Crippen molar-refractivity contribution < 1.29 is 14.3 Å². The zero-order chi connectivity index (χ0) is 14.3. The van der Waals surface area contributed by atoms with Crippen molar-refractivity contribution in [1.29, 1.82) is 0 Å². The Balaban J connectivity index is 2.31. The Morgan fingerprint density at radius 3 is 2.85 bits per heavy atom. The van der Waals surface area contributed by atoms with Crippen LogP contribution in [0.3, 0.4) is 0 Å². The van der Waals surface area contributed by atoms with Gasteiger partial charge in [0.15, 0.2) is 11.4 Å². The van der Waals surface area contributed by atoms with Crippen LogP contribution in [0.1, 0.15) is 23.0 Å². The highest BCUT2D eigenvalue weighted by Gasteiger charge is 2.17. The average molecular weight is 271 g/mol. The van der Waals surface area contributed by atoms with Crippen molar-refractivity contribution in [1.82, 2.24) is 14.8 Å². The van der Waals surface area contributed by atoms with Crippen LogP contribution in [0.15, 0.2) is 28.8 Å². The Labute approximate surface area is 114 Å². The van der Waals surface area contributed by atoms with E-state index in [1.807, 2.05) is 19.9 Å². The van der Waals surface area contributed by atoms with Crippen LogP contribution in [0.5, 0.6) is 0 Å². The van der Waals surface area contributed by atoms with Crippen molar-refractivity contribution in [3.05, 3.63) is 35.7 Å². The zero-order valence-electron chi connectivity index (χ0n) is 11.1. The topological polar surface area (TPSA) is 81.2 Å². The van der Waals surface area contributed by atoms with E-state index in [9.17, 15) is 9.90 Å². The predicted molar refractivity (Wildman–Crippen MR) is 72.6 cm³/mol. The summed E-state index contributed by atoms with van der Waals surface area (Å²) in [6.45, 7) is 4.38. The van der Waals surface area contributed by atoms with Crippen molar-refractivity contribution in [3.63, 3.8) is 0 Å². The highest BCUT2D eigenvalue weighted by atomic mass is 16.4. The van der Waals surface area contributed by atoms with Crippen LogP contribution in [0, 0.1) is 6.92 Å². The van der Waals surface area contributed by atoms with E-state index in [1.165, 1.54) is 12.3 Å². The number of hydrogen-bond donors (Lipinski definition) is 1. The van der Waals surface area contributed by atoms with E-state index >= 15 is 0 Å². The number of hydrogen-bond acceptors (Lipinski definition) is 4. The summed E-state index contributed by atoms with van der Waals surface area (Å²) in [4.78, 5) is 15.9. The molecular weight excluding hydrogens is 258 g/mol. The molecule has 0 unspecified atom stereocenters. The van der Waals surface area contributed by atoms with Gasteiger partial charge in [-0.05, 0) is 32.0 Å². The second kappa shape index (κ2) is 4.48. The van der Waals surface area contributed by atoms with Gasteiger partial charge in [0.2, 0.25) is 0 Å². The van der Waals surface area contributed by atoms with Gasteiger partial charge < -0.3 is 9.52 Å². The fourth-order valence-electron chi connectivity index (χ4n) is 2.15. The number of aryl methyl sites for hydroxylation is 2. The summed E-state index contributed by atoms with van der Waals surface area (Å²) in [5, 5.41) is 14.0. The molecule has 3 heterocycles. The fraction of sp³-hybridized carbons (Fsp3) is 0.214. The van der Waals surface area contributed by atoms with Gasteiger partial charge in [-0.3, -0.25) is 0 Å². The minimum atomic E-state index is -1.00. The number of aromatic carboxylic acids is 1. The molecule has 0 radical (unpaired) electrons. The number of rotatable bonds is 3. The average Bonchev–Trinajstić information content (AvgIpc) is 3.03. The number of carbonyl (C=O) groups is 1. The molecule has 1 N–H and O–H groups in total. The Bertz CT molecular complexity index is 801. The molecule has 3 aromatic rings. The molecule has 0 saturated heterocycles. The molecule has 6 heteroatoms. The molecule has 0 aliphatic heterocycles. The second-order valence-corrected chi connectivity index (χ2v) is 4.47. The monoisotopic (exact) mass is 271 g/mol. The molecule has 6 nitrogen and oxygen atoms in total. The van der Waals surface area contributed by atoms with Crippen molar-refractivity contribution in [3.8, 4) is 11.5 Å². The van der Waals surface area contributed by atoms with E-state index < -0.39 is 5.97 Å². The molecule has 0 aromatic carbocycles. The first-order chi connectivity index (χ1) is 9.60. The van der Waals surface area contributed by atoms with Crippen molar-refractivity contribution in [2.45, 2.75) is 20.4 Å². The lowest BCUT2D eigenvalue weighted by molar-refractivity contribution is 0.0699. The standard InChI is InChI=1S/C14H13N3O3/c1-3-17-13-10(7-15-17)9(14(18)19)6-11(16-13)12-5-4-8(2)20-12/h4-7H,3H2,1-2H3,(H,18,19). The van der Waals surface area contributed by atoms with Crippen molar-refractivity contribution >= 4 is 17.0 Å². The molecule has 3 rings (SSSR count). The molecule has 0 fully saturated rings. The van der Waals surface area contributed by atoms with Gasteiger partial charge in [0.05, 0.1) is 17.1 Å². The molecule has 0 atom stereocenters. The molecule has 0 aliphatic rings. The molecule has 3 aromatic heterocycles. The summed E-state index contributed by atoms with van der Waals surface area (Å²) in [6.07, 6.45) is 1.53. The van der Waals surface area contributed by atoms with E-state index in [4.69, 9.17) is 4.42 Å². The smallest absolute Gasteiger partial charge is 0.336 e. The lowest BCUT2D eigenvalue weighted by Gasteiger charge is -2.03. The number of nitrogens with zero attached hydrogens (tertiary/aromatic N) is 3. The minimum Gasteiger partial charge on any atom is -0.478 e. The summed E-state index contributed by atoms with van der Waals surface area (Å²) in [5.74, 6) is 0.302. The highest BCUT2D eigenvalue weighted by Crippen LogP contribution is 2.26. The summed E-state index contributed by atoms with van der Waals surface area (Å²) in [5.41, 5.74) is 1.23. The molecule has 0 aliphatic carbocycles. The summed E-state index contributed by atoms with van der Waals surface area (Å²) < 4.78 is 7.19. The highest BCUT2D eigenvalue weighted by molar-refractivity contribution is 6.02. The van der Waals surface area contributed by atoms with E-state index in [2.05, 4.69) is 10.1 Å². The van der Waals surface area contributed by atoms with E-state index in [-0.39, 0.29) is 5.56 Å². The Morgan fingerprint density at radius 2 is 2.25 bits per heavy atom. The SMILES string of the molecule is CCn1ncc2c(C(=O)O)cc(-c3ccc(C)o3)nc21. The van der Waals surface area contributed by atoms with Crippen molar-refractivity contribution in [2.75, 3.05) is 0 Å². The lowest BCUT2D eigenvalue weighted by atomic mass is 10.1. The van der Waals surface area contributed by atoms with Crippen LogP contribution in [0.4, 0.5) is 0 Å². The maximum Gasteiger partial charge on any atom is 0.336 e. The fourth-order valence-corrected chi connectivity index (χ4v) is 2.15. The predicted octanol–water partition coefficient (Wildman–Crippen LogP) is 2.72. The minimum absolute atomic E-state index is 0.179. The quantitative estimate of drug-likeness (QED) is 0.792. The van der Waals surface area contributed by atoms with Crippen LogP contribution < -0.4 is 0 Å². The van der Waals surface area contributed by atoms with Gasteiger partial charge in [-0.15, -0.1) is 0 Å². The van der Waals surface area contributed by atoms with Crippen LogP contribution in [0.2, 0.25) is 0 Å². The van der Waals surface area contributed by atoms with E-state index in [0.29, 0.717) is 29.0 Å². The van der Waals surface area contributed by atoms with Crippen molar-refractivity contribution in [2.24, 2.45) is 0 Å². The van der Waals surface area contributed by atoms with E-state index in [0.717, 1.165) is 5.76 Å². The number of fused-ring (bicyclic) bond motifs is 1. The van der Waals surface area contributed by atoms with Crippen LogP contribution in [0.25, 0.3) is 22.5 Å². The Morgan fingerprint density at radius 1 is 1.45 bits per heavy atom. The van der Waals surface area contributed by atoms with Crippen LogP contribution in [-0.2, 0) is 6.54 Å². The van der Waals surface area contributed by atoms with Gasteiger partial charge >= 0.3 is 5.97 Å². The molecule has 20 heavy (non-hydrogen) atoms. The van der Waals surface area contributed by atoms with E-state index in [1.54, 1.807) is 10.7 Å². The number of pyridine rings is 1. The summed E-state index contributed by atoms with van der Waals surface area (Å²) in [6, 6.07) is 5.12. The zero-order valence-corrected chi connectivity index (χ0v) is 11.1. The lowest BCUT2D eigenvalue weighted by Crippen LogP contribution is -2.02. The number of carboxylic acids is 1. The largest absolute Gasteiger partial charge is 0.478 e. The third kappa shape index (κ3) is 1.85. The molecule has 0 amide bonds. The van der Waals surface area contributed by atoms with Gasteiger partial charge in [0.1, 0.15) is 11.5 Å². The molecule has 0 spiro atoms. The summed E-state index contributed by atoms with van der Waals surface area (Å²) >= 11 is 0. The number of aromatic nitrogens is 3. The molecule has 0 saturated carbocycles. The van der Waals surface area contributed by atoms with Gasteiger partial charge in [-0.25, -0.2) is 14.5 Å². The first-order valence-electron chi connectivity index (χ1n) is 6.27. The first-order valence-corrected chi connectivity index (χ1v) is 6.27. The summed E-state index contributed by atoms with van der Waals surface area (Å²) in [7, 11) is 0.